The third kappa shape index (κ3) is 4.13. The standard InChI is InChI=1S/C17H17BrClN3O2/c1-17(2,3)22(16(24)12-8-6-10-20-14(12)19)21-15(23)11-7-4-5-9-13(11)18/h4-10H,1-3H3,(H,21,23). The largest absolute Gasteiger partial charge is 0.275 e. The van der Waals surface area contributed by atoms with Gasteiger partial charge in [-0.3, -0.25) is 15.0 Å². The Morgan fingerprint density at radius 1 is 1.12 bits per heavy atom. The molecule has 1 aromatic carbocycles. The highest BCUT2D eigenvalue weighted by Crippen LogP contribution is 2.21. The molecule has 0 radical (unpaired) electrons. The van der Waals surface area contributed by atoms with E-state index >= 15 is 0 Å². The molecule has 126 valence electrons. The first-order valence-corrected chi connectivity index (χ1v) is 8.39. The molecule has 24 heavy (non-hydrogen) atoms. The summed E-state index contributed by atoms with van der Waals surface area (Å²) in [5.41, 5.74) is 2.66. The summed E-state index contributed by atoms with van der Waals surface area (Å²) in [5, 5.41) is 1.35. The van der Waals surface area contributed by atoms with Crippen molar-refractivity contribution in [3.05, 3.63) is 63.3 Å². The van der Waals surface area contributed by atoms with Gasteiger partial charge in [0.15, 0.2) is 0 Å². The molecule has 1 aromatic heterocycles. The van der Waals surface area contributed by atoms with Gasteiger partial charge in [-0.15, -0.1) is 0 Å². The third-order valence-electron chi connectivity index (χ3n) is 3.20. The van der Waals surface area contributed by atoms with Gasteiger partial charge < -0.3 is 0 Å². The maximum atomic E-state index is 12.8. The predicted octanol–water partition coefficient (Wildman–Crippen LogP) is 4.08. The quantitative estimate of drug-likeness (QED) is 0.599. The average molecular weight is 411 g/mol. The van der Waals surface area contributed by atoms with Gasteiger partial charge in [0, 0.05) is 10.7 Å². The van der Waals surface area contributed by atoms with Gasteiger partial charge in [0.2, 0.25) is 0 Å². The molecule has 7 heteroatoms. The Hall–Kier alpha value is -1.92. The van der Waals surface area contributed by atoms with Crippen LogP contribution in [0.25, 0.3) is 0 Å². The topological polar surface area (TPSA) is 62.3 Å². The van der Waals surface area contributed by atoms with Crippen molar-refractivity contribution >= 4 is 39.3 Å². The molecule has 0 aliphatic rings. The van der Waals surface area contributed by atoms with Crippen molar-refractivity contribution in [2.75, 3.05) is 0 Å². The Bertz CT molecular complexity index is 774. The highest BCUT2D eigenvalue weighted by molar-refractivity contribution is 9.10. The SMILES string of the molecule is CC(C)(C)N(NC(=O)c1ccccc1Br)C(=O)c1cccnc1Cl. The molecule has 0 aliphatic heterocycles. The molecule has 2 amide bonds. The number of carbonyl (C=O) groups is 2. The van der Waals surface area contributed by atoms with E-state index in [1.54, 1.807) is 30.3 Å². The van der Waals surface area contributed by atoms with E-state index in [9.17, 15) is 9.59 Å². The zero-order valence-electron chi connectivity index (χ0n) is 13.5. The van der Waals surface area contributed by atoms with E-state index < -0.39 is 17.4 Å². The molecule has 0 saturated carbocycles. The number of hydrogen-bond acceptors (Lipinski definition) is 3. The van der Waals surface area contributed by atoms with Crippen LogP contribution in [0.5, 0.6) is 0 Å². The highest BCUT2D eigenvalue weighted by atomic mass is 79.9. The Balaban J connectivity index is 2.34. The minimum absolute atomic E-state index is 0.0897. The number of aromatic nitrogens is 1. The summed E-state index contributed by atoms with van der Waals surface area (Å²) in [6.45, 7) is 5.44. The third-order valence-corrected chi connectivity index (χ3v) is 4.19. The minimum Gasteiger partial charge on any atom is -0.267 e. The van der Waals surface area contributed by atoms with E-state index in [0.29, 0.717) is 10.0 Å². The fraction of sp³-hybridized carbons (Fsp3) is 0.235. The number of pyridine rings is 1. The van der Waals surface area contributed by atoms with Crippen molar-refractivity contribution in [1.29, 1.82) is 0 Å². The van der Waals surface area contributed by atoms with E-state index in [2.05, 4.69) is 26.3 Å². The average Bonchev–Trinajstić information content (AvgIpc) is 2.51. The van der Waals surface area contributed by atoms with Crippen molar-refractivity contribution in [3.63, 3.8) is 0 Å². The Morgan fingerprint density at radius 2 is 1.75 bits per heavy atom. The van der Waals surface area contributed by atoms with Crippen LogP contribution in [0.1, 0.15) is 41.5 Å². The smallest absolute Gasteiger partial charge is 0.267 e. The first kappa shape index (κ1) is 18.4. The molecule has 0 bridgehead atoms. The van der Waals surface area contributed by atoms with Crippen LogP contribution in [0, 0.1) is 0 Å². The molecule has 0 atom stereocenters. The number of carbonyl (C=O) groups excluding carboxylic acids is 2. The Morgan fingerprint density at radius 3 is 2.33 bits per heavy atom. The number of rotatable bonds is 2. The number of nitrogens with one attached hydrogen (secondary N) is 1. The zero-order valence-corrected chi connectivity index (χ0v) is 15.9. The van der Waals surface area contributed by atoms with E-state index in [1.165, 1.54) is 11.2 Å². The monoisotopic (exact) mass is 409 g/mol. The van der Waals surface area contributed by atoms with Gasteiger partial charge in [-0.05, 0) is 61.0 Å². The van der Waals surface area contributed by atoms with E-state index in [4.69, 9.17) is 11.6 Å². The molecule has 0 spiro atoms. The first-order valence-electron chi connectivity index (χ1n) is 7.22. The summed E-state index contributed by atoms with van der Waals surface area (Å²) in [6, 6.07) is 10.2. The van der Waals surface area contributed by atoms with Crippen LogP contribution in [0.4, 0.5) is 0 Å². The summed E-state index contributed by atoms with van der Waals surface area (Å²) >= 11 is 9.35. The Labute approximate surface area is 154 Å². The number of benzene rings is 1. The molecular weight excluding hydrogens is 394 g/mol. The lowest BCUT2D eigenvalue weighted by Gasteiger charge is -2.35. The van der Waals surface area contributed by atoms with Crippen LogP contribution in [-0.2, 0) is 0 Å². The van der Waals surface area contributed by atoms with Gasteiger partial charge in [0.05, 0.1) is 16.7 Å². The van der Waals surface area contributed by atoms with Crippen molar-refractivity contribution < 1.29 is 9.59 Å². The van der Waals surface area contributed by atoms with Crippen molar-refractivity contribution in [1.82, 2.24) is 15.4 Å². The fourth-order valence-corrected chi connectivity index (χ4v) is 2.66. The summed E-state index contributed by atoms with van der Waals surface area (Å²) in [6.07, 6.45) is 1.50. The zero-order chi connectivity index (χ0) is 17.9. The molecule has 1 N–H and O–H groups in total. The Kier molecular flexibility index (Phi) is 5.62. The van der Waals surface area contributed by atoms with Crippen LogP contribution in [0.2, 0.25) is 5.15 Å². The molecule has 1 heterocycles. The molecule has 0 fully saturated rings. The van der Waals surface area contributed by atoms with Crippen molar-refractivity contribution in [2.24, 2.45) is 0 Å². The van der Waals surface area contributed by atoms with Crippen LogP contribution in [0.15, 0.2) is 47.1 Å². The van der Waals surface area contributed by atoms with Gasteiger partial charge in [0.25, 0.3) is 11.8 Å². The lowest BCUT2D eigenvalue weighted by atomic mass is 10.1. The molecule has 5 nitrogen and oxygen atoms in total. The molecule has 0 unspecified atom stereocenters. The van der Waals surface area contributed by atoms with Gasteiger partial charge in [-0.1, -0.05) is 23.7 Å². The predicted molar refractivity (Wildman–Crippen MR) is 96.8 cm³/mol. The van der Waals surface area contributed by atoms with E-state index in [0.717, 1.165) is 0 Å². The maximum Gasteiger partial charge on any atom is 0.275 e. The lowest BCUT2D eigenvalue weighted by Crippen LogP contribution is -2.56. The summed E-state index contributed by atoms with van der Waals surface area (Å²) in [5.74, 6) is -0.827. The van der Waals surface area contributed by atoms with Gasteiger partial charge in [-0.2, -0.15) is 0 Å². The van der Waals surface area contributed by atoms with Gasteiger partial charge in [-0.25, -0.2) is 9.99 Å². The first-order chi connectivity index (χ1) is 11.2. The molecule has 0 saturated heterocycles. The summed E-state index contributed by atoms with van der Waals surface area (Å²) < 4.78 is 0.642. The van der Waals surface area contributed by atoms with Crippen molar-refractivity contribution in [3.8, 4) is 0 Å². The second-order valence-corrected chi connectivity index (χ2v) is 7.29. The lowest BCUT2D eigenvalue weighted by molar-refractivity contribution is 0.0358. The maximum absolute atomic E-state index is 12.8. The van der Waals surface area contributed by atoms with Crippen LogP contribution in [-0.4, -0.2) is 27.3 Å². The normalized spacial score (nSPS) is 11.0. The van der Waals surface area contributed by atoms with Crippen LogP contribution in [0.3, 0.4) is 0 Å². The van der Waals surface area contributed by atoms with Crippen LogP contribution < -0.4 is 5.43 Å². The fourth-order valence-electron chi connectivity index (χ4n) is 2.00. The van der Waals surface area contributed by atoms with Crippen LogP contribution >= 0.6 is 27.5 Å². The highest BCUT2D eigenvalue weighted by Gasteiger charge is 2.31. The van der Waals surface area contributed by atoms with E-state index in [-0.39, 0.29) is 10.7 Å². The number of amides is 2. The molecule has 0 aliphatic carbocycles. The van der Waals surface area contributed by atoms with E-state index in [1.807, 2.05) is 26.8 Å². The number of hydrogen-bond donors (Lipinski definition) is 1. The second-order valence-electron chi connectivity index (χ2n) is 6.07. The summed E-state index contributed by atoms with van der Waals surface area (Å²) in [7, 11) is 0. The summed E-state index contributed by atoms with van der Waals surface area (Å²) in [4.78, 5) is 29.3. The molecule has 2 rings (SSSR count). The molecule has 2 aromatic rings. The number of nitrogens with zero attached hydrogens (tertiary/aromatic N) is 2. The number of hydrazine groups is 1. The molecular formula is C17H17BrClN3O2. The second kappa shape index (κ2) is 7.32. The number of halogens is 2. The van der Waals surface area contributed by atoms with Gasteiger partial charge >= 0.3 is 0 Å². The minimum atomic E-state index is -0.660. The van der Waals surface area contributed by atoms with Gasteiger partial charge in [0.1, 0.15) is 5.15 Å². The van der Waals surface area contributed by atoms with Crippen molar-refractivity contribution in [2.45, 2.75) is 26.3 Å².